The molecule has 2 aliphatic heterocycles. The zero-order chi connectivity index (χ0) is 22.8. The highest BCUT2D eigenvalue weighted by molar-refractivity contribution is 6.21. The van der Waals surface area contributed by atoms with E-state index >= 15 is 0 Å². The minimum Gasteiger partial charge on any atom is -0.386 e. The number of hydrogen-bond donors (Lipinski definition) is 1. The third-order valence-corrected chi connectivity index (χ3v) is 6.08. The highest BCUT2D eigenvalue weighted by Crippen LogP contribution is 2.87. The van der Waals surface area contributed by atoms with E-state index in [4.69, 9.17) is 15.4 Å². The smallest absolute Gasteiger partial charge is 0.386 e. The maximum atomic E-state index is 13.7. The van der Waals surface area contributed by atoms with Gasteiger partial charge in [0.25, 0.3) is 0 Å². The van der Waals surface area contributed by atoms with Crippen LogP contribution in [0.15, 0.2) is 39.6 Å². The number of hydrogen-bond acceptors (Lipinski definition) is 9. The molecule has 31 heavy (non-hydrogen) atoms. The fourth-order valence-electron chi connectivity index (χ4n) is 5.00. The van der Waals surface area contributed by atoms with Gasteiger partial charge in [-0.15, -0.1) is 0 Å². The van der Waals surface area contributed by atoms with Gasteiger partial charge in [-0.05, 0) is 39.3 Å². The molecule has 2 heterocycles. The van der Waals surface area contributed by atoms with Crippen molar-refractivity contribution in [1.82, 2.24) is 0 Å². The lowest BCUT2D eigenvalue weighted by Crippen LogP contribution is -2.47. The van der Waals surface area contributed by atoms with Crippen molar-refractivity contribution in [2.24, 2.45) is 31.9 Å². The summed E-state index contributed by atoms with van der Waals surface area (Å²) in [5, 5.41) is 28.8. The van der Waals surface area contributed by atoms with E-state index in [1.807, 2.05) is 0 Å². The average molecular weight is 419 g/mol. The van der Waals surface area contributed by atoms with Gasteiger partial charge in [0, 0.05) is 12.7 Å². The van der Waals surface area contributed by atoms with E-state index in [1.54, 1.807) is 59.0 Å². The first-order valence-electron chi connectivity index (χ1n) is 9.58. The normalized spacial score (nSPS) is 31.0. The molecule has 3 unspecified atom stereocenters. The Hall–Kier alpha value is -3.92. The van der Waals surface area contributed by atoms with Crippen LogP contribution in [0.5, 0.6) is 0 Å². The number of anilines is 1. The zero-order valence-electron chi connectivity index (χ0n) is 17.8. The average Bonchev–Trinajstić information content (AvgIpc) is 3.16. The third-order valence-electron chi connectivity index (χ3n) is 6.08. The van der Waals surface area contributed by atoms with E-state index in [-0.39, 0.29) is 5.84 Å². The largest absolute Gasteiger partial charge is 0.422 e. The number of aliphatic imine (C=N–C) groups is 1. The topological polar surface area (TPSA) is 149 Å². The lowest BCUT2D eigenvalue weighted by molar-refractivity contribution is -0.263. The molecule has 0 aromatic heterocycles. The van der Waals surface area contributed by atoms with Crippen molar-refractivity contribution < 1.29 is 14.5 Å². The highest BCUT2D eigenvalue weighted by atomic mass is 16.8. The van der Waals surface area contributed by atoms with Crippen LogP contribution in [0, 0.1) is 33.5 Å². The van der Waals surface area contributed by atoms with Crippen molar-refractivity contribution in [3.8, 4) is 12.1 Å². The van der Waals surface area contributed by atoms with E-state index in [9.17, 15) is 15.3 Å². The first-order valence-corrected chi connectivity index (χ1v) is 9.58. The first kappa shape index (κ1) is 20.4. The standard InChI is InChI=1S/C21H21N7O3/c1-12(2)26-30-21(31-27-13(3)4)19(11-23)18(10-22,16(24)25-21)20(19)14-8-6-7-9-15(14)28(5)17(20)29/h6-9H,1-5H3,(H2,24,25). The Labute approximate surface area is 179 Å². The number of amides is 1. The summed E-state index contributed by atoms with van der Waals surface area (Å²) in [7, 11) is 1.58. The van der Waals surface area contributed by atoms with Crippen molar-refractivity contribution >= 4 is 28.9 Å². The van der Waals surface area contributed by atoms with Crippen LogP contribution in [0.25, 0.3) is 0 Å². The molecule has 158 valence electrons. The van der Waals surface area contributed by atoms with Crippen molar-refractivity contribution in [2.45, 2.75) is 39.0 Å². The molecule has 0 bridgehead atoms. The van der Waals surface area contributed by atoms with Crippen molar-refractivity contribution in [3.63, 3.8) is 0 Å². The Kier molecular flexibility index (Phi) is 3.97. The summed E-state index contributed by atoms with van der Waals surface area (Å²) in [5.41, 5.74) is 2.87. The molecule has 1 fully saturated rings. The van der Waals surface area contributed by atoms with E-state index in [1.165, 1.54) is 4.90 Å². The van der Waals surface area contributed by atoms with Gasteiger partial charge in [-0.1, -0.05) is 28.5 Å². The van der Waals surface area contributed by atoms with Gasteiger partial charge in [-0.2, -0.15) is 15.5 Å². The number of benzene rings is 1. The number of oxime groups is 2. The summed E-state index contributed by atoms with van der Waals surface area (Å²) < 4.78 is 0. The predicted molar refractivity (Wildman–Crippen MR) is 112 cm³/mol. The van der Waals surface area contributed by atoms with Crippen LogP contribution in [0.2, 0.25) is 0 Å². The van der Waals surface area contributed by atoms with Gasteiger partial charge >= 0.3 is 5.91 Å². The minimum atomic E-state index is -2.23. The highest BCUT2D eigenvalue weighted by Gasteiger charge is 3.07. The lowest BCUT2D eigenvalue weighted by Gasteiger charge is -2.29. The Morgan fingerprint density at radius 2 is 1.68 bits per heavy atom. The number of para-hydroxylation sites is 1. The monoisotopic (exact) mass is 419 g/mol. The summed E-state index contributed by atoms with van der Waals surface area (Å²) in [5.74, 6) is -2.94. The van der Waals surface area contributed by atoms with Gasteiger partial charge in [0.15, 0.2) is 5.41 Å². The Morgan fingerprint density at radius 1 is 1.10 bits per heavy atom. The van der Waals surface area contributed by atoms with Gasteiger partial charge in [0.2, 0.25) is 11.3 Å². The number of likely N-dealkylation sites (N-methyl/N-ethyl adjacent to an activating group) is 1. The second kappa shape index (κ2) is 6.05. The lowest BCUT2D eigenvalue weighted by atomic mass is 9.84. The number of nitriles is 2. The van der Waals surface area contributed by atoms with Crippen LogP contribution >= 0.6 is 0 Å². The SMILES string of the molecule is CC(C)=NOC1(ON=C(C)C)N=C(N)C2(C#N)C3(C(=O)N(C)c4ccccc43)C12C#N. The van der Waals surface area contributed by atoms with Gasteiger partial charge in [0.1, 0.15) is 11.3 Å². The van der Waals surface area contributed by atoms with E-state index < -0.39 is 28.1 Å². The van der Waals surface area contributed by atoms with Crippen LogP contribution in [-0.4, -0.2) is 36.1 Å². The molecule has 0 radical (unpaired) electrons. The number of nitrogens with zero attached hydrogens (tertiary/aromatic N) is 6. The number of fused-ring (bicyclic) bond motifs is 5. The summed E-state index contributed by atoms with van der Waals surface area (Å²) in [6.45, 7) is 6.69. The number of carbonyl (C=O) groups is 1. The molecule has 1 spiro atoms. The number of rotatable bonds is 4. The van der Waals surface area contributed by atoms with E-state index in [2.05, 4.69) is 27.4 Å². The molecule has 1 aromatic rings. The van der Waals surface area contributed by atoms with Gasteiger partial charge < -0.3 is 20.3 Å². The summed E-state index contributed by atoms with van der Waals surface area (Å²) in [6.07, 6.45) is 0. The Morgan fingerprint density at radius 3 is 2.19 bits per heavy atom. The molecule has 1 aliphatic carbocycles. The molecule has 4 rings (SSSR count). The van der Waals surface area contributed by atoms with Crippen LogP contribution in [0.3, 0.4) is 0 Å². The van der Waals surface area contributed by atoms with Crippen molar-refractivity contribution in [2.75, 3.05) is 11.9 Å². The third kappa shape index (κ3) is 1.86. The van der Waals surface area contributed by atoms with Crippen LogP contribution in [0.4, 0.5) is 5.69 Å². The first-order chi connectivity index (χ1) is 14.6. The van der Waals surface area contributed by atoms with E-state index in [0.29, 0.717) is 22.7 Å². The number of amidine groups is 1. The maximum Gasteiger partial charge on any atom is 0.422 e. The molecule has 1 aromatic carbocycles. The number of carbonyl (C=O) groups excluding carboxylic acids is 1. The molecular weight excluding hydrogens is 398 g/mol. The molecule has 10 nitrogen and oxygen atoms in total. The minimum absolute atomic E-state index is 0.233. The summed E-state index contributed by atoms with van der Waals surface area (Å²) >= 11 is 0. The van der Waals surface area contributed by atoms with Crippen molar-refractivity contribution in [1.29, 1.82) is 10.5 Å². The molecule has 1 saturated carbocycles. The fourth-order valence-corrected chi connectivity index (χ4v) is 5.00. The Bertz CT molecular complexity index is 1160. The van der Waals surface area contributed by atoms with Crippen LogP contribution < -0.4 is 10.6 Å². The second-order valence-corrected chi connectivity index (χ2v) is 8.19. The quantitative estimate of drug-likeness (QED) is 0.446. The van der Waals surface area contributed by atoms with Crippen LogP contribution in [0.1, 0.15) is 33.3 Å². The molecule has 2 N–H and O–H groups in total. The zero-order valence-corrected chi connectivity index (χ0v) is 17.8. The molecule has 3 aliphatic rings. The fraction of sp³-hybridized carbons (Fsp3) is 0.429. The molecule has 10 heteroatoms. The van der Waals surface area contributed by atoms with Gasteiger partial charge in [-0.25, -0.2) is 0 Å². The maximum absolute atomic E-state index is 13.7. The molecular formula is C21H21N7O3. The summed E-state index contributed by atoms with van der Waals surface area (Å²) in [6, 6.07) is 11.2. The number of nitrogens with two attached hydrogens (primary N) is 1. The molecule has 3 atom stereocenters. The summed E-state index contributed by atoms with van der Waals surface area (Å²) in [4.78, 5) is 30.7. The molecule has 0 saturated heterocycles. The van der Waals surface area contributed by atoms with Crippen LogP contribution in [-0.2, 0) is 19.9 Å². The van der Waals surface area contributed by atoms with Gasteiger partial charge in [-0.3, -0.25) is 4.79 Å². The molecule has 1 amide bonds. The van der Waals surface area contributed by atoms with E-state index in [0.717, 1.165) is 0 Å². The Balaban J connectivity index is 2.09. The second-order valence-electron chi connectivity index (χ2n) is 8.19. The predicted octanol–water partition coefficient (Wildman–Crippen LogP) is 1.78. The van der Waals surface area contributed by atoms with Gasteiger partial charge in [0.05, 0.1) is 23.6 Å². The van der Waals surface area contributed by atoms with Crippen molar-refractivity contribution in [3.05, 3.63) is 29.8 Å².